The van der Waals surface area contributed by atoms with E-state index < -0.39 is 0 Å². The molecule has 19 heavy (non-hydrogen) atoms. The molecule has 3 rings (SSSR count). The summed E-state index contributed by atoms with van der Waals surface area (Å²) in [6.07, 6.45) is 0. The number of carbonyl (C=O) groups is 2. The number of nitrogen functional groups attached to an aromatic ring is 1. The Kier molecular flexibility index (Phi) is 2.78. The monoisotopic (exact) mass is 364 g/mol. The Bertz CT molecular complexity index is 695. The Morgan fingerprint density at radius 3 is 2.21 bits per heavy atom. The van der Waals surface area contributed by atoms with E-state index in [2.05, 4.69) is 22.6 Å². The lowest BCUT2D eigenvalue weighted by Gasteiger charge is -2.13. The van der Waals surface area contributed by atoms with Gasteiger partial charge in [0.05, 0.1) is 16.8 Å². The van der Waals surface area contributed by atoms with Gasteiger partial charge in [0.15, 0.2) is 0 Å². The molecule has 2 N–H and O–H groups in total. The second-order valence-electron chi connectivity index (χ2n) is 4.23. The number of nitrogens with two attached hydrogens (primary N) is 1. The highest BCUT2D eigenvalue weighted by Crippen LogP contribution is 2.29. The predicted molar refractivity (Wildman–Crippen MR) is 81.2 cm³/mol. The largest absolute Gasteiger partial charge is 0.399 e. The second-order valence-corrected chi connectivity index (χ2v) is 5.47. The first kappa shape index (κ1) is 12.2. The van der Waals surface area contributed by atoms with E-state index in [1.165, 1.54) is 4.90 Å². The number of carbonyl (C=O) groups excluding carboxylic acids is 2. The number of anilines is 2. The molecular weight excluding hydrogens is 355 g/mol. The molecule has 0 saturated carbocycles. The second kappa shape index (κ2) is 4.34. The van der Waals surface area contributed by atoms with Crippen molar-refractivity contribution >= 4 is 45.8 Å². The van der Waals surface area contributed by atoms with Gasteiger partial charge in [-0.3, -0.25) is 9.59 Å². The lowest BCUT2D eigenvalue weighted by atomic mass is 10.1. The summed E-state index contributed by atoms with van der Waals surface area (Å²) >= 11 is 2.12. The summed E-state index contributed by atoms with van der Waals surface area (Å²) in [5.41, 5.74) is 7.64. The molecule has 94 valence electrons. The zero-order valence-electron chi connectivity index (χ0n) is 9.76. The minimum atomic E-state index is -0.291. The fourth-order valence-electron chi connectivity index (χ4n) is 2.07. The van der Waals surface area contributed by atoms with Gasteiger partial charge in [0.1, 0.15) is 0 Å². The van der Waals surface area contributed by atoms with E-state index in [9.17, 15) is 9.59 Å². The molecule has 1 aliphatic rings. The number of rotatable bonds is 1. The van der Waals surface area contributed by atoms with Crippen LogP contribution in [0.15, 0.2) is 42.5 Å². The molecule has 0 bridgehead atoms. The average Bonchev–Trinajstić information content (AvgIpc) is 2.63. The van der Waals surface area contributed by atoms with E-state index in [4.69, 9.17) is 5.73 Å². The van der Waals surface area contributed by atoms with Crippen LogP contribution in [0.5, 0.6) is 0 Å². The molecule has 0 atom stereocenters. The van der Waals surface area contributed by atoms with Crippen LogP contribution >= 0.6 is 22.6 Å². The van der Waals surface area contributed by atoms with Gasteiger partial charge in [0.2, 0.25) is 0 Å². The fourth-order valence-corrected chi connectivity index (χ4v) is 2.56. The molecule has 0 spiro atoms. The number of imide groups is 1. The Morgan fingerprint density at radius 1 is 0.895 bits per heavy atom. The van der Waals surface area contributed by atoms with Crippen molar-refractivity contribution in [1.29, 1.82) is 0 Å². The molecule has 0 aliphatic carbocycles. The molecule has 5 heteroatoms. The summed E-state index contributed by atoms with van der Waals surface area (Å²) < 4.78 is 0.927. The maximum absolute atomic E-state index is 12.3. The third-order valence-corrected chi connectivity index (χ3v) is 3.67. The van der Waals surface area contributed by atoms with Gasteiger partial charge < -0.3 is 5.73 Å². The van der Waals surface area contributed by atoms with Crippen LogP contribution in [0, 0.1) is 3.57 Å². The predicted octanol–water partition coefficient (Wildman–Crippen LogP) is 2.67. The molecule has 0 saturated heterocycles. The van der Waals surface area contributed by atoms with E-state index in [0.29, 0.717) is 22.5 Å². The number of nitrogens with zero attached hydrogens (tertiary/aromatic N) is 1. The van der Waals surface area contributed by atoms with Crippen molar-refractivity contribution in [3.8, 4) is 0 Å². The lowest BCUT2D eigenvalue weighted by molar-refractivity contribution is 0.0926. The maximum atomic E-state index is 12.3. The van der Waals surface area contributed by atoms with Crippen molar-refractivity contribution in [2.24, 2.45) is 0 Å². The van der Waals surface area contributed by atoms with E-state index in [-0.39, 0.29) is 11.8 Å². The van der Waals surface area contributed by atoms with E-state index in [1.54, 1.807) is 36.4 Å². The number of amides is 2. The van der Waals surface area contributed by atoms with Gasteiger partial charge in [-0.2, -0.15) is 0 Å². The molecule has 2 aromatic carbocycles. The third-order valence-electron chi connectivity index (χ3n) is 3.00. The molecule has 0 unspecified atom stereocenters. The van der Waals surface area contributed by atoms with Gasteiger partial charge in [-0.1, -0.05) is 0 Å². The molecule has 1 aliphatic heterocycles. The minimum Gasteiger partial charge on any atom is -0.399 e. The van der Waals surface area contributed by atoms with Crippen LogP contribution in [0.25, 0.3) is 0 Å². The van der Waals surface area contributed by atoms with Crippen molar-refractivity contribution < 1.29 is 9.59 Å². The summed E-state index contributed by atoms with van der Waals surface area (Å²) in [7, 11) is 0. The van der Waals surface area contributed by atoms with Crippen molar-refractivity contribution in [3.63, 3.8) is 0 Å². The van der Waals surface area contributed by atoms with Crippen LogP contribution in [-0.2, 0) is 0 Å². The van der Waals surface area contributed by atoms with Gasteiger partial charge in [0, 0.05) is 9.26 Å². The normalized spacial score (nSPS) is 13.8. The summed E-state index contributed by atoms with van der Waals surface area (Å²) in [4.78, 5) is 25.8. The average molecular weight is 364 g/mol. The van der Waals surface area contributed by atoms with E-state index in [1.807, 2.05) is 6.07 Å². The zero-order valence-corrected chi connectivity index (χ0v) is 11.9. The summed E-state index contributed by atoms with van der Waals surface area (Å²) in [6, 6.07) is 11.9. The highest BCUT2D eigenvalue weighted by atomic mass is 127. The lowest BCUT2D eigenvalue weighted by Crippen LogP contribution is -2.29. The molecular formula is C14H9IN2O2. The summed E-state index contributed by atoms with van der Waals surface area (Å²) in [6.45, 7) is 0. The van der Waals surface area contributed by atoms with Crippen molar-refractivity contribution in [2.45, 2.75) is 0 Å². The van der Waals surface area contributed by atoms with Gasteiger partial charge >= 0.3 is 0 Å². The van der Waals surface area contributed by atoms with Crippen LogP contribution in [0.1, 0.15) is 20.7 Å². The molecule has 0 fully saturated rings. The first-order valence-electron chi connectivity index (χ1n) is 5.62. The van der Waals surface area contributed by atoms with E-state index in [0.717, 1.165) is 3.57 Å². The quantitative estimate of drug-likeness (QED) is 0.481. The van der Waals surface area contributed by atoms with Crippen LogP contribution in [0.4, 0.5) is 11.4 Å². The first-order chi connectivity index (χ1) is 9.08. The Hall–Kier alpha value is -1.89. The van der Waals surface area contributed by atoms with Gasteiger partial charge in [0.25, 0.3) is 11.8 Å². The first-order valence-corrected chi connectivity index (χ1v) is 6.69. The van der Waals surface area contributed by atoms with Crippen molar-refractivity contribution in [2.75, 3.05) is 10.6 Å². The van der Waals surface area contributed by atoms with Crippen LogP contribution in [0.3, 0.4) is 0 Å². The van der Waals surface area contributed by atoms with Gasteiger partial charge in [-0.05, 0) is 65.1 Å². The molecule has 0 radical (unpaired) electrons. The van der Waals surface area contributed by atoms with Crippen LogP contribution < -0.4 is 10.6 Å². The minimum absolute atomic E-state index is 0.289. The molecule has 1 heterocycles. The number of halogens is 1. The smallest absolute Gasteiger partial charge is 0.266 e. The third kappa shape index (κ3) is 1.90. The molecule has 4 nitrogen and oxygen atoms in total. The van der Waals surface area contributed by atoms with Gasteiger partial charge in [-0.25, -0.2) is 4.90 Å². The number of hydrogen-bond donors (Lipinski definition) is 1. The van der Waals surface area contributed by atoms with Gasteiger partial charge in [-0.15, -0.1) is 0 Å². The Balaban J connectivity index is 2.10. The highest BCUT2D eigenvalue weighted by molar-refractivity contribution is 14.1. The molecule has 2 aromatic rings. The fraction of sp³-hybridized carbons (Fsp3) is 0. The standard InChI is InChI=1S/C14H9IN2O2/c15-8-1-6-11-12(7-8)14(19)17(13(11)18)10-4-2-9(16)3-5-10/h1-7H,16H2. The van der Waals surface area contributed by atoms with Crippen LogP contribution in [-0.4, -0.2) is 11.8 Å². The SMILES string of the molecule is Nc1ccc(N2C(=O)c3ccc(I)cc3C2=O)cc1. The van der Waals surface area contributed by atoms with E-state index >= 15 is 0 Å². The highest BCUT2D eigenvalue weighted by Gasteiger charge is 2.36. The summed E-state index contributed by atoms with van der Waals surface area (Å²) in [5, 5.41) is 0. The Morgan fingerprint density at radius 2 is 1.53 bits per heavy atom. The van der Waals surface area contributed by atoms with Crippen LogP contribution in [0.2, 0.25) is 0 Å². The zero-order chi connectivity index (χ0) is 13.6. The van der Waals surface area contributed by atoms with Crippen molar-refractivity contribution in [1.82, 2.24) is 0 Å². The number of benzene rings is 2. The number of fused-ring (bicyclic) bond motifs is 1. The maximum Gasteiger partial charge on any atom is 0.266 e. The number of hydrogen-bond acceptors (Lipinski definition) is 3. The molecule has 0 aromatic heterocycles. The Labute approximate surface area is 123 Å². The van der Waals surface area contributed by atoms with Crippen molar-refractivity contribution in [3.05, 3.63) is 57.2 Å². The topological polar surface area (TPSA) is 63.4 Å². The molecule has 2 amide bonds. The summed E-state index contributed by atoms with van der Waals surface area (Å²) in [5.74, 6) is -0.579.